The minimum absolute atomic E-state index is 0.195. The monoisotopic (exact) mass is 687 g/mol. The average molecular weight is 688 g/mol. The molecule has 1 aliphatic heterocycles. The largest absolute Gasteiger partial charge is 0.497 e. The molecule has 11 heteroatoms. The van der Waals surface area contributed by atoms with E-state index in [0.717, 1.165) is 16.7 Å². The molecule has 3 aromatic carbocycles. The lowest BCUT2D eigenvalue weighted by Crippen LogP contribution is -2.63. The van der Waals surface area contributed by atoms with Gasteiger partial charge in [-0.2, -0.15) is 0 Å². The summed E-state index contributed by atoms with van der Waals surface area (Å²) in [6, 6.07) is 24.6. The van der Waals surface area contributed by atoms with Crippen LogP contribution < -0.4 is 26.5 Å². The van der Waals surface area contributed by atoms with Crippen molar-refractivity contribution in [3.63, 3.8) is 0 Å². The van der Waals surface area contributed by atoms with Gasteiger partial charge in [0.25, 0.3) is 5.56 Å². The average Bonchev–Trinajstić information content (AvgIpc) is 3.38. The highest BCUT2D eigenvalue weighted by Gasteiger charge is 2.72. The maximum atomic E-state index is 13.7. The number of aliphatic hydroxyl groups is 2. The molecular weight excluding hydrogens is 639 g/mol. The molecule has 2 unspecified atom stereocenters. The van der Waals surface area contributed by atoms with Crippen LogP contribution in [-0.4, -0.2) is 67.1 Å². The van der Waals surface area contributed by atoms with Crippen LogP contribution in [0.25, 0.3) is 0 Å². The first-order chi connectivity index (χ1) is 23.1. The number of H-pyrrole nitrogens is 1. The Bertz CT molecular complexity index is 1820. The van der Waals surface area contributed by atoms with Gasteiger partial charge in [0.05, 0.1) is 19.6 Å². The lowest BCUT2D eigenvalue weighted by Gasteiger charge is -2.51. The zero-order valence-electron chi connectivity index (χ0n) is 29.6. The van der Waals surface area contributed by atoms with Crippen molar-refractivity contribution >= 4 is 8.80 Å². The topological polar surface area (TPSA) is 149 Å². The predicted molar refractivity (Wildman–Crippen MR) is 193 cm³/mol. The highest BCUT2D eigenvalue weighted by molar-refractivity contribution is 6.58. The number of methoxy groups -OCH3 is 2. The number of rotatable bonds is 10. The third-order valence-corrected chi connectivity index (χ3v) is 12.8. The van der Waals surface area contributed by atoms with E-state index in [0.29, 0.717) is 17.1 Å². The summed E-state index contributed by atoms with van der Waals surface area (Å²) in [5.41, 5.74) is 1.67. The van der Waals surface area contributed by atoms with Crippen LogP contribution in [0, 0.1) is 12.3 Å². The van der Waals surface area contributed by atoms with Crippen LogP contribution >= 0.6 is 0 Å². The molecular formula is C38H49N3O7Si. The van der Waals surface area contributed by atoms with E-state index in [1.807, 2.05) is 99.6 Å². The molecule has 262 valence electrons. The fourth-order valence-electron chi connectivity index (χ4n) is 8.11. The number of ether oxygens (including phenoxy) is 3. The van der Waals surface area contributed by atoms with E-state index in [1.54, 1.807) is 21.1 Å². The van der Waals surface area contributed by atoms with Crippen LogP contribution in [0.1, 0.15) is 43.0 Å². The number of hydrogen-bond acceptors (Lipinski definition) is 8. The van der Waals surface area contributed by atoms with Crippen molar-refractivity contribution in [2.24, 2.45) is 11.1 Å². The molecule has 0 spiro atoms. The number of nitrogens with zero attached hydrogens (tertiary/aromatic N) is 1. The molecule has 0 saturated carbocycles. The van der Waals surface area contributed by atoms with E-state index < -0.39 is 60.0 Å². The molecule has 1 fully saturated rings. The second-order valence-corrected chi connectivity index (χ2v) is 17.6. The van der Waals surface area contributed by atoms with Gasteiger partial charge >= 0.3 is 5.69 Å². The predicted octanol–water partition coefficient (Wildman–Crippen LogP) is 3.90. The van der Waals surface area contributed by atoms with Gasteiger partial charge < -0.3 is 30.2 Å². The Labute approximate surface area is 289 Å². The number of aliphatic hydroxyl groups excluding tert-OH is 1. The molecule has 5 atom stereocenters. The number of aryl methyl sites for hydroxylation is 1. The summed E-state index contributed by atoms with van der Waals surface area (Å²) in [5.74, 6) is 1.28. The number of hydrogen-bond donors (Lipinski definition) is 4. The minimum Gasteiger partial charge on any atom is -0.497 e. The molecule has 4 aromatic rings. The Morgan fingerprint density at radius 2 is 1.41 bits per heavy atom. The molecule has 0 bridgehead atoms. The first-order valence-electron chi connectivity index (χ1n) is 16.6. The second kappa shape index (κ2) is 13.4. The van der Waals surface area contributed by atoms with Gasteiger partial charge in [0, 0.05) is 32.6 Å². The Kier molecular flexibility index (Phi) is 9.90. The summed E-state index contributed by atoms with van der Waals surface area (Å²) in [4.78, 5) is 28.6. The van der Waals surface area contributed by atoms with Crippen LogP contribution in [0.5, 0.6) is 11.5 Å². The number of nitrogens with one attached hydrogen (secondary N) is 1. The summed E-state index contributed by atoms with van der Waals surface area (Å²) in [6.45, 7) is 11.3. The molecule has 2 heterocycles. The van der Waals surface area contributed by atoms with Gasteiger partial charge in [0.2, 0.25) is 0 Å². The van der Waals surface area contributed by atoms with Crippen LogP contribution in [0.3, 0.4) is 0 Å². The summed E-state index contributed by atoms with van der Waals surface area (Å²) >= 11 is 0. The molecule has 10 nitrogen and oxygen atoms in total. The molecule has 0 radical (unpaired) electrons. The lowest BCUT2D eigenvalue weighted by atomic mass is 9.60. The van der Waals surface area contributed by atoms with Crippen molar-refractivity contribution in [2.75, 3.05) is 20.8 Å². The fourth-order valence-corrected chi connectivity index (χ4v) is 11.2. The van der Waals surface area contributed by atoms with Crippen molar-refractivity contribution in [3.05, 3.63) is 128 Å². The van der Waals surface area contributed by atoms with E-state index in [-0.39, 0.29) is 6.54 Å². The van der Waals surface area contributed by atoms with Crippen LogP contribution in [-0.2, 0) is 15.9 Å². The van der Waals surface area contributed by atoms with Gasteiger partial charge in [-0.05, 0) is 53.3 Å². The summed E-state index contributed by atoms with van der Waals surface area (Å²) in [7, 11) is 1.15. The molecule has 49 heavy (non-hydrogen) atoms. The van der Waals surface area contributed by atoms with Gasteiger partial charge in [-0.1, -0.05) is 88.5 Å². The van der Waals surface area contributed by atoms with Crippen molar-refractivity contribution in [2.45, 2.75) is 75.3 Å². The van der Waals surface area contributed by atoms with Gasteiger partial charge in [-0.15, -0.1) is 0 Å². The van der Waals surface area contributed by atoms with E-state index in [2.05, 4.69) is 18.1 Å². The third-order valence-electron chi connectivity index (χ3n) is 10.5. The third kappa shape index (κ3) is 5.67. The van der Waals surface area contributed by atoms with Crippen LogP contribution in [0.2, 0.25) is 18.6 Å². The normalized spacial score (nSPS) is 23.4. The van der Waals surface area contributed by atoms with E-state index in [9.17, 15) is 19.8 Å². The zero-order valence-corrected chi connectivity index (χ0v) is 30.7. The second-order valence-electron chi connectivity index (χ2n) is 14.4. The van der Waals surface area contributed by atoms with Crippen molar-refractivity contribution in [1.29, 1.82) is 0 Å². The standard InChI is InChI=1S/C38H49N3O7Si/c1-24-22-41(34(44)40-32(24)43)36(23-39)33(49(7)8)38(45,35(2,3)4)31(48-36)30(42)37(25-12-10-9-11-13-25,26-14-18-28(46-5)19-15-26)27-16-20-29(47-6)21-17-27/h9-22,30-31,33,42,45,49H,23,39H2,1-8H3,(H,40,43,44)/t30?,31-,33?,36-,38-/m1/s1. The van der Waals surface area contributed by atoms with E-state index in [1.165, 1.54) is 10.8 Å². The molecule has 5 N–H and O–H groups in total. The molecule has 0 aliphatic carbocycles. The van der Waals surface area contributed by atoms with E-state index in [4.69, 9.17) is 19.9 Å². The maximum absolute atomic E-state index is 13.7. The van der Waals surface area contributed by atoms with Crippen molar-refractivity contribution in [1.82, 2.24) is 9.55 Å². The minimum atomic E-state index is -2.04. The molecule has 0 amide bonds. The number of aromatic nitrogens is 2. The number of nitrogens with two attached hydrogens (primary N) is 1. The Hall–Kier alpha value is -4.00. The quantitative estimate of drug-likeness (QED) is 0.145. The Morgan fingerprint density at radius 3 is 1.84 bits per heavy atom. The van der Waals surface area contributed by atoms with Gasteiger partial charge in [0.15, 0.2) is 5.72 Å². The highest BCUT2D eigenvalue weighted by Crippen LogP contribution is 2.61. The summed E-state index contributed by atoms with van der Waals surface area (Å²) in [6.07, 6.45) is -1.30. The van der Waals surface area contributed by atoms with Crippen LogP contribution in [0.4, 0.5) is 0 Å². The molecule has 1 aromatic heterocycles. The van der Waals surface area contributed by atoms with Crippen molar-refractivity contribution < 1.29 is 24.4 Å². The zero-order chi connectivity index (χ0) is 35.9. The number of benzene rings is 3. The number of aromatic amines is 1. The summed E-state index contributed by atoms with van der Waals surface area (Å²) in [5, 5.41) is 26.9. The highest BCUT2D eigenvalue weighted by atomic mass is 28.3. The first-order valence-corrected chi connectivity index (χ1v) is 19.6. The molecule has 5 rings (SSSR count). The van der Waals surface area contributed by atoms with Gasteiger partial charge in [-0.3, -0.25) is 14.3 Å². The summed E-state index contributed by atoms with van der Waals surface area (Å²) < 4.78 is 19.5. The molecule has 1 aliphatic rings. The van der Waals surface area contributed by atoms with Crippen LogP contribution in [0.15, 0.2) is 94.6 Å². The maximum Gasteiger partial charge on any atom is 0.330 e. The first kappa shape index (κ1) is 36.3. The SMILES string of the molecule is COc1ccc(C(c2ccccc2)(c2ccc(OC)cc2)C(O)[C@H]2O[C@@](CN)(n3cc(C)c(=O)[nH]c3=O)C([SiH](C)C)[C@@]2(O)C(C)(C)C)cc1. The smallest absolute Gasteiger partial charge is 0.330 e. The van der Waals surface area contributed by atoms with E-state index >= 15 is 0 Å². The van der Waals surface area contributed by atoms with Crippen molar-refractivity contribution in [3.8, 4) is 11.5 Å². The van der Waals surface area contributed by atoms with Gasteiger partial charge in [-0.25, -0.2) is 4.79 Å². The lowest BCUT2D eigenvalue weighted by molar-refractivity contribution is -0.180. The Morgan fingerprint density at radius 1 is 0.918 bits per heavy atom. The Balaban J connectivity index is 1.91. The molecule has 1 saturated heterocycles. The van der Waals surface area contributed by atoms with Gasteiger partial charge in [0.1, 0.15) is 29.3 Å². The fraction of sp³-hybridized carbons (Fsp3) is 0.421.